The molecule has 0 heterocycles. The molecule has 9 heteroatoms. The van der Waals surface area contributed by atoms with E-state index in [1.165, 1.54) is 0 Å². The summed E-state index contributed by atoms with van der Waals surface area (Å²) in [5, 5.41) is 8.02. The van der Waals surface area contributed by atoms with Crippen LogP contribution in [0, 0.1) is 0 Å². The van der Waals surface area contributed by atoms with Crippen LogP contribution in [0.15, 0.2) is 0 Å². The Morgan fingerprint density at radius 2 is 1.58 bits per heavy atom. The average molecular weight is 288 g/mol. The van der Waals surface area contributed by atoms with Crippen molar-refractivity contribution in [2.75, 3.05) is 6.61 Å². The van der Waals surface area contributed by atoms with E-state index >= 15 is 0 Å². The molecule has 19 heavy (non-hydrogen) atoms. The van der Waals surface area contributed by atoms with E-state index < -0.39 is 18.1 Å². The van der Waals surface area contributed by atoms with Crippen LogP contribution in [0.3, 0.4) is 0 Å². The standard InChI is InChI=1S/C10H16O8.Na.H/c1-2-3-4-7-15-16-8(11)5-6-9(12)17-18-10(13)14;;/h2-7H2,1H3,(H,13,14);;/q;+1;-1. The molecule has 0 radical (unpaired) electrons. The molecule has 106 valence electrons. The van der Waals surface area contributed by atoms with Gasteiger partial charge in [-0.1, -0.05) is 19.8 Å². The van der Waals surface area contributed by atoms with Crippen LogP contribution in [0.5, 0.6) is 0 Å². The van der Waals surface area contributed by atoms with Gasteiger partial charge in [-0.2, -0.15) is 4.89 Å². The number of carbonyl (C=O) groups is 3. The van der Waals surface area contributed by atoms with Crippen molar-refractivity contribution in [2.45, 2.75) is 39.0 Å². The van der Waals surface area contributed by atoms with Gasteiger partial charge < -0.3 is 6.53 Å². The Balaban J connectivity index is -0.00000144. The molecule has 0 rings (SSSR count). The van der Waals surface area contributed by atoms with Gasteiger partial charge in [0.1, 0.15) is 0 Å². The molecule has 0 atom stereocenters. The molecule has 0 aromatic rings. The predicted octanol–water partition coefficient (Wildman–Crippen LogP) is -1.30. The van der Waals surface area contributed by atoms with E-state index in [0.29, 0.717) is 6.61 Å². The Hall–Kier alpha value is -0.830. The number of carbonyl (C=O) groups excluding carboxylic acids is 2. The van der Waals surface area contributed by atoms with Crippen LogP contribution < -0.4 is 29.6 Å². The Morgan fingerprint density at radius 3 is 2.11 bits per heavy atom. The molecule has 8 nitrogen and oxygen atoms in total. The molecule has 0 aliphatic rings. The molecule has 1 N–H and O–H groups in total. The summed E-state index contributed by atoms with van der Waals surface area (Å²) in [6, 6.07) is 0. The summed E-state index contributed by atoms with van der Waals surface area (Å²) in [5.41, 5.74) is 0. The molecular weight excluding hydrogens is 271 g/mol. The van der Waals surface area contributed by atoms with E-state index in [0.717, 1.165) is 19.3 Å². The zero-order valence-electron chi connectivity index (χ0n) is 12.0. The van der Waals surface area contributed by atoms with Gasteiger partial charge in [-0.05, 0) is 6.42 Å². The minimum Gasteiger partial charge on any atom is -1.00 e. The van der Waals surface area contributed by atoms with Crippen LogP contribution in [-0.4, -0.2) is 29.8 Å². The summed E-state index contributed by atoms with van der Waals surface area (Å²) in [6.45, 7) is 2.32. The van der Waals surface area contributed by atoms with Crippen LogP contribution in [0.1, 0.15) is 40.5 Å². The first-order chi connectivity index (χ1) is 8.56. The predicted molar refractivity (Wildman–Crippen MR) is 57.1 cm³/mol. The van der Waals surface area contributed by atoms with Crippen molar-refractivity contribution in [2.24, 2.45) is 0 Å². The fraction of sp³-hybridized carbons (Fsp3) is 0.700. The van der Waals surface area contributed by atoms with Gasteiger partial charge in [-0.15, -0.1) is 0 Å². The largest absolute Gasteiger partial charge is 1.00 e. The average Bonchev–Trinajstić information content (AvgIpc) is 2.33. The van der Waals surface area contributed by atoms with E-state index in [9.17, 15) is 14.4 Å². The van der Waals surface area contributed by atoms with Gasteiger partial charge in [-0.3, -0.25) is 4.89 Å². The van der Waals surface area contributed by atoms with Crippen molar-refractivity contribution >= 4 is 18.1 Å². The van der Waals surface area contributed by atoms with Crippen molar-refractivity contribution < 1.29 is 70.0 Å². The van der Waals surface area contributed by atoms with Crippen molar-refractivity contribution in [3.63, 3.8) is 0 Å². The third kappa shape index (κ3) is 15.1. The fourth-order valence-corrected chi connectivity index (χ4v) is 0.888. The van der Waals surface area contributed by atoms with Crippen LogP contribution >= 0.6 is 0 Å². The number of unbranched alkanes of at least 4 members (excludes halogenated alkanes) is 2. The molecule has 0 spiro atoms. The number of carboxylic acid groups (broad SMARTS) is 1. The van der Waals surface area contributed by atoms with Gasteiger partial charge in [0.2, 0.25) is 0 Å². The molecule has 0 unspecified atom stereocenters. The maximum Gasteiger partial charge on any atom is 1.00 e. The Labute approximate surface area is 134 Å². The first kappa shape index (κ1) is 20.5. The minimum atomic E-state index is -1.75. The molecule has 0 aliphatic carbocycles. The summed E-state index contributed by atoms with van der Waals surface area (Å²) in [5.74, 6) is -1.72. The maximum absolute atomic E-state index is 11.0. The number of rotatable bonds is 8. The van der Waals surface area contributed by atoms with Crippen molar-refractivity contribution in [1.29, 1.82) is 0 Å². The monoisotopic (exact) mass is 288 g/mol. The summed E-state index contributed by atoms with van der Waals surface area (Å²) < 4.78 is 0. The first-order valence-electron chi connectivity index (χ1n) is 5.48. The molecule has 0 aliphatic heterocycles. The quantitative estimate of drug-likeness (QED) is 0.254. The van der Waals surface area contributed by atoms with Crippen LogP contribution in [0.4, 0.5) is 4.79 Å². The summed E-state index contributed by atoms with van der Waals surface area (Å²) in [7, 11) is 0. The second-order valence-electron chi connectivity index (χ2n) is 3.29. The number of hydrogen-bond donors (Lipinski definition) is 1. The first-order valence-corrected chi connectivity index (χ1v) is 5.48. The Bertz CT molecular complexity index is 286. The second kappa shape index (κ2) is 13.6. The maximum atomic E-state index is 11.0. The van der Waals surface area contributed by atoms with Crippen LogP contribution in [0.2, 0.25) is 0 Å². The van der Waals surface area contributed by atoms with Crippen molar-refractivity contribution in [3.05, 3.63) is 0 Å². The SMILES string of the molecule is CCCCCOOC(=O)CCC(=O)OOC(=O)O.[H-].[Na+]. The smallest absolute Gasteiger partial charge is 1.00 e. The zero-order valence-corrected chi connectivity index (χ0v) is 13.0. The van der Waals surface area contributed by atoms with Gasteiger partial charge in [0, 0.05) is 0 Å². The molecule has 0 aromatic carbocycles. The molecule has 0 amide bonds. The van der Waals surface area contributed by atoms with Crippen LogP contribution in [-0.2, 0) is 29.1 Å². The molecule has 0 saturated heterocycles. The zero-order chi connectivity index (χ0) is 13.8. The number of hydrogen-bond acceptors (Lipinski definition) is 7. The Kier molecular flexibility index (Phi) is 14.7. The fourth-order valence-electron chi connectivity index (χ4n) is 0.888. The topological polar surface area (TPSA) is 108 Å². The molecular formula is C10H17NaO8. The van der Waals surface area contributed by atoms with Crippen molar-refractivity contribution in [3.8, 4) is 0 Å². The minimum absolute atomic E-state index is 0. The molecule has 0 bridgehead atoms. The molecule has 0 aromatic heterocycles. The summed E-state index contributed by atoms with van der Waals surface area (Å²) >= 11 is 0. The molecule has 0 saturated carbocycles. The van der Waals surface area contributed by atoms with Gasteiger partial charge in [0.25, 0.3) is 0 Å². The van der Waals surface area contributed by atoms with E-state index in [2.05, 4.69) is 19.6 Å². The van der Waals surface area contributed by atoms with Gasteiger partial charge in [0.15, 0.2) is 0 Å². The van der Waals surface area contributed by atoms with E-state index in [1.807, 2.05) is 6.92 Å². The van der Waals surface area contributed by atoms with Crippen LogP contribution in [0.25, 0.3) is 0 Å². The van der Waals surface area contributed by atoms with Crippen molar-refractivity contribution in [1.82, 2.24) is 0 Å². The second-order valence-corrected chi connectivity index (χ2v) is 3.29. The normalized spacial score (nSPS) is 9.11. The third-order valence-electron chi connectivity index (χ3n) is 1.72. The van der Waals surface area contributed by atoms with E-state index in [1.54, 1.807) is 0 Å². The van der Waals surface area contributed by atoms with Gasteiger partial charge >= 0.3 is 47.7 Å². The Morgan fingerprint density at radius 1 is 1.00 bits per heavy atom. The molecule has 0 fully saturated rings. The third-order valence-corrected chi connectivity index (χ3v) is 1.72. The van der Waals surface area contributed by atoms with E-state index in [-0.39, 0.29) is 43.8 Å². The van der Waals surface area contributed by atoms with Gasteiger partial charge in [0.05, 0.1) is 19.4 Å². The van der Waals surface area contributed by atoms with E-state index in [4.69, 9.17) is 5.11 Å². The summed E-state index contributed by atoms with van der Waals surface area (Å²) in [6.07, 6.45) is 0.381. The van der Waals surface area contributed by atoms with Gasteiger partial charge in [-0.25, -0.2) is 24.2 Å². The summed E-state index contributed by atoms with van der Waals surface area (Å²) in [4.78, 5) is 48.0.